The van der Waals surface area contributed by atoms with Crippen LogP contribution in [0.4, 0.5) is 4.39 Å². The minimum absolute atomic E-state index is 0.0412. The molecular weight excluding hydrogens is 383 g/mol. The number of benzene rings is 2. The smallest absolute Gasteiger partial charge is 0.247 e. The Kier molecular flexibility index (Phi) is 7.10. The third kappa shape index (κ3) is 5.88. The second-order valence-electron chi connectivity index (χ2n) is 6.65. The highest BCUT2D eigenvalue weighted by atomic mass is 19.1. The van der Waals surface area contributed by atoms with E-state index in [1.807, 2.05) is 42.0 Å². The van der Waals surface area contributed by atoms with Gasteiger partial charge in [0.05, 0.1) is 12.9 Å². The van der Waals surface area contributed by atoms with Crippen LogP contribution in [-0.4, -0.2) is 39.4 Å². The van der Waals surface area contributed by atoms with Crippen LogP contribution in [0.1, 0.15) is 18.1 Å². The van der Waals surface area contributed by atoms with Gasteiger partial charge in [0.25, 0.3) is 0 Å². The highest BCUT2D eigenvalue weighted by molar-refractivity contribution is 5.94. The molecule has 1 aromatic heterocycles. The number of carbonyl (C=O) groups is 2. The summed E-state index contributed by atoms with van der Waals surface area (Å²) in [5, 5.41) is 2.74. The lowest BCUT2D eigenvalue weighted by molar-refractivity contribution is -0.132. The second-order valence-corrected chi connectivity index (χ2v) is 6.65. The van der Waals surface area contributed by atoms with E-state index in [-0.39, 0.29) is 30.7 Å². The molecule has 0 fully saturated rings. The van der Waals surface area contributed by atoms with Crippen molar-refractivity contribution in [1.29, 1.82) is 0 Å². The zero-order valence-corrected chi connectivity index (χ0v) is 16.7. The van der Waals surface area contributed by atoms with Gasteiger partial charge in [-0.15, -0.1) is 0 Å². The summed E-state index contributed by atoms with van der Waals surface area (Å²) in [4.78, 5) is 30.1. The Hall–Kier alpha value is -3.74. The first-order chi connectivity index (χ1) is 14.5. The summed E-state index contributed by atoms with van der Waals surface area (Å²) < 4.78 is 14.8. The molecule has 1 N–H and O–H groups in total. The number of imidazole rings is 1. The molecule has 0 bridgehead atoms. The van der Waals surface area contributed by atoms with Gasteiger partial charge in [-0.25, -0.2) is 9.37 Å². The minimum atomic E-state index is -0.323. The number of nitrogens with one attached hydrogen (secondary N) is 1. The van der Waals surface area contributed by atoms with Gasteiger partial charge in [-0.1, -0.05) is 24.3 Å². The number of amides is 2. The number of hydrogen-bond donors (Lipinski definition) is 1. The predicted octanol–water partition coefficient (Wildman–Crippen LogP) is 3.19. The SMILES string of the molecule is CCN(CC(=O)NCc1ccc(F)cc1)C(=O)/C=C/c1ccc(-n2ccnc2)cc1. The number of hydrogen-bond acceptors (Lipinski definition) is 3. The van der Waals surface area contributed by atoms with Crippen molar-refractivity contribution in [1.82, 2.24) is 19.8 Å². The van der Waals surface area contributed by atoms with E-state index in [0.717, 1.165) is 16.8 Å². The highest BCUT2D eigenvalue weighted by Gasteiger charge is 2.13. The summed E-state index contributed by atoms with van der Waals surface area (Å²) in [5.41, 5.74) is 2.64. The van der Waals surface area contributed by atoms with Gasteiger partial charge in [0, 0.05) is 37.2 Å². The molecule has 0 radical (unpaired) electrons. The second kappa shape index (κ2) is 10.2. The lowest BCUT2D eigenvalue weighted by Gasteiger charge is -2.18. The van der Waals surface area contributed by atoms with Crippen LogP contribution in [0, 0.1) is 5.82 Å². The molecule has 154 valence electrons. The number of carbonyl (C=O) groups excluding carboxylic acids is 2. The van der Waals surface area contributed by atoms with Crippen LogP contribution in [0.3, 0.4) is 0 Å². The number of rotatable bonds is 8. The molecule has 3 aromatic rings. The maximum Gasteiger partial charge on any atom is 0.247 e. The Balaban J connectivity index is 1.52. The molecule has 3 rings (SSSR count). The van der Waals surface area contributed by atoms with E-state index in [4.69, 9.17) is 0 Å². The summed E-state index contributed by atoms with van der Waals surface area (Å²) >= 11 is 0. The van der Waals surface area contributed by atoms with Crippen LogP contribution in [0.25, 0.3) is 11.8 Å². The van der Waals surface area contributed by atoms with Crippen molar-refractivity contribution in [2.45, 2.75) is 13.5 Å². The fourth-order valence-electron chi connectivity index (χ4n) is 2.82. The average Bonchev–Trinajstić information content (AvgIpc) is 3.31. The van der Waals surface area contributed by atoms with Crippen LogP contribution in [0.15, 0.2) is 73.3 Å². The molecule has 0 aliphatic carbocycles. The van der Waals surface area contributed by atoms with E-state index in [1.165, 1.54) is 23.1 Å². The average molecular weight is 406 g/mol. The maximum atomic E-state index is 12.9. The van der Waals surface area contributed by atoms with Gasteiger partial charge in [0.1, 0.15) is 5.82 Å². The van der Waals surface area contributed by atoms with Crippen LogP contribution >= 0.6 is 0 Å². The van der Waals surface area contributed by atoms with Gasteiger partial charge in [-0.05, 0) is 48.4 Å². The van der Waals surface area contributed by atoms with Crippen LogP contribution in [0.5, 0.6) is 0 Å². The Bertz CT molecular complexity index is 997. The maximum absolute atomic E-state index is 12.9. The van der Waals surface area contributed by atoms with Gasteiger partial charge < -0.3 is 14.8 Å². The third-order valence-corrected chi connectivity index (χ3v) is 4.54. The minimum Gasteiger partial charge on any atom is -0.350 e. The largest absolute Gasteiger partial charge is 0.350 e. The Morgan fingerprint density at radius 1 is 1.13 bits per heavy atom. The van der Waals surface area contributed by atoms with Gasteiger partial charge in [0.15, 0.2) is 0 Å². The van der Waals surface area contributed by atoms with E-state index < -0.39 is 0 Å². The fourth-order valence-corrected chi connectivity index (χ4v) is 2.82. The molecule has 6 nitrogen and oxygen atoms in total. The first kappa shape index (κ1) is 21.0. The summed E-state index contributed by atoms with van der Waals surface area (Å²) in [6, 6.07) is 13.6. The van der Waals surface area contributed by atoms with E-state index >= 15 is 0 Å². The monoisotopic (exact) mass is 406 g/mol. The van der Waals surface area contributed by atoms with Crippen LogP contribution in [0.2, 0.25) is 0 Å². The van der Waals surface area contributed by atoms with Crippen molar-refractivity contribution < 1.29 is 14.0 Å². The highest BCUT2D eigenvalue weighted by Crippen LogP contribution is 2.11. The van der Waals surface area contributed by atoms with E-state index in [9.17, 15) is 14.0 Å². The molecule has 0 aliphatic rings. The predicted molar refractivity (Wildman–Crippen MR) is 113 cm³/mol. The van der Waals surface area contributed by atoms with Gasteiger partial charge in [-0.2, -0.15) is 0 Å². The molecule has 1 heterocycles. The Morgan fingerprint density at radius 3 is 2.50 bits per heavy atom. The first-order valence-corrected chi connectivity index (χ1v) is 9.61. The van der Waals surface area contributed by atoms with Crippen molar-refractivity contribution in [2.24, 2.45) is 0 Å². The summed E-state index contributed by atoms with van der Waals surface area (Å²) in [6.45, 7) is 2.47. The molecule has 2 amide bonds. The first-order valence-electron chi connectivity index (χ1n) is 9.61. The molecule has 2 aromatic carbocycles. The number of likely N-dealkylation sites (N-methyl/N-ethyl adjacent to an activating group) is 1. The normalized spacial score (nSPS) is 10.9. The quantitative estimate of drug-likeness (QED) is 0.584. The van der Waals surface area contributed by atoms with Gasteiger partial charge in [-0.3, -0.25) is 9.59 Å². The standard InChI is InChI=1S/C23H23FN4O2/c1-2-27(16-22(29)26-15-19-3-8-20(24)9-4-19)23(30)12-7-18-5-10-21(11-6-18)28-14-13-25-17-28/h3-14,17H,2,15-16H2,1H3,(H,26,29)/b12-7+. The Labute approximate surface area is 174 Å². The lowest BCUT2D eigenvalue weighted by atomic mass is 10.2. The molecule has 0 saturated carbocycles. The summed E-state index contributed by atoms with van der Waals surface area (Å²) in [6.07, 6.45) is 8.47. The van der Waals surface area contributed by atoms with Crippen molar-refractivity contribution in [3.63, 3.8) is 0 Å². The number of nitrogens with zero attached hydrogens (tertiary/aromatic N) is 3. The van der Waals surface area contributed by atoms with Crippen molar-refractivity contribution in [2.75, 3.05) is 13.1 Å². The summed E-state index contributed by atoms with van der Waals surface area (Å²) in [7, 11) is 0. The molecule has 7 heteroatoms. The molecule has 30 heavy (non-hydrogen) atoms. The number of halogens is 1. The number of aromatic nitrogens is 2. The molecule has 0 saturated heterocycles. The molecule has 0 aliphatic heterocycles. The Morgan fingerprint density at radius 2 is 1.87 bits per heavy atom. The summed E-state index contributed by atoms with van der Waals surface area (Å²) in [5.74, 6) is -0.836. The molecular formula is C23H23FN4O2. The van der Waals surface area contributed by atoms with E-state index in [1.54, 1.807) is 30.7 Å². The molecule has 0 atom stereocenters. The fraction of sp³-hybridized carbons (Fsp3) is 0.174. The zero-order chi connectivity index (χ0) is 21.3. The third-order valence-electron chi connectivity index (χ3n) is 4.54. The van der Waals surface area contributed by atoms with Gasteiger partial charge in [0.2, 0.25) is 11.8 Å². The van der Waals surface area contributed by atoms with Gasteiger partial charge >= 0.3 is 0 Å². The topological polar surface area (TPSA) is 67.2 Å². The van der Waals surface area contributed by atoms with E-state index in [0.29, 0.717) is 6.54 Å². The van der Waals surface area contributed by atoms with Crippen molar-refractivity contribution in [3.05, 3.63) is 90.3 Å². The van der Waals surface area contributed by atoms with Crippen LogP contribution < -0.4 is 5.32 Å². The van der Waals surface area contributed by atoms with Crippen molar-refractivity contribution >= 4 is 17.9 Å². The molecule has 0 unspecified atom stereocenters. The van der Waals surface area contributed by atoms with Crippen molar-refractivity contribution in [3.8, 4) is 5.69 Å². The van der Waals surface area contributed by atoms with Crippen LogP contribution in [-0.2, 0) is 16.1 Å². The van der Waals surface area contributed by atoms with E-state index in [2.05, 4.69) is 10.3 Å². The zero-order valence-electron chi connectivity index (χ0n) is 16.7. The molecule has 0 spiro atoms. The lowest BCUT2D eigenvalue weighted by Crippen LogP contribution is -2.39.